The fraction of sp³-hybridized carbons (Fsp3) is 0.345. The molecule has 0 radical (unpaired) electrons. The number of amides is 1. The number of morpholine rings is 1. The second-order valence-corrected chi connectivity index (χ2v) is 13.2. The molecule has 0 bridgehead atoms. The minimum absolute atomic E-state index is 0.0986. The number of nitrogens with zero attached hydrogens (tertiary/aromatic N) is 2. The van der Waals surface area contributed by atoms with Gasteiger partial charge >= 0.3 is 0 Å². The molecule has 0 aliphatic carbocycles. The SMILES string of the molecule is CCOc1ccc(N(CC(=O)Nc2ccc(OC)c(S(=O)(=O)N3CCOCC3)c2)S(=O)(=O)c2ccc(OC)c(OC)c2)cc1. The third kappa shape index (κ3) is 7.18. The van der Waals surface area contributed by atoms with Crippen LogP contribution in [0.1, 0.15) is 6.92 Å². The summed E-state index contributed by atoms with van der Waals surface area (Å²) < 4.78 is 83.5. The standard InChI is InChI=1S/C29H35N3O10S2/c1-5-42-23-9-7-22(8-10-23)32(43(34,35)24-11-13-25(38-2)27(19-24)40-4)20-29(33)30-21-6-12-26(39-3)28(18-21)44(36,37)31-14-16-41-17-15-31/h6-13,18-19H,5,14-17,20H2,1-4H3,(H,30,33). The number of nitrogens with one attached hydrogen (secondary N) is 1. The van der Waals surface area contributed by atoms with Crippen molar-refractivity contribution >= 4 is 37.3 Å². The summed E-state index contributed by atoms with van der Waals surface area (Å²) in [5.74, 6) is 0.428. The molecule has 0 aromatic heterocycles. The van der Waals surface area contributed by atoms with Gasteiger partial charge in [0.05, 0.1) is 51.7 Å². The minimum atomic E-state index is -4.32. The lowest BCUT2D eigenvalue weighted by Crippen LogP contribution is -2.40. The minimum Gasteiger partial charge on any atom is -0.495 e. The molecule has 13 nitrogen and oxygen atoms in total. The first-order chi connectivity index (χ1) is 21.0. The number of rotatable bonds is 13. The number of ether oxygens (including phenoxy) is 5. The number of anilines is 2. The number of benzene rings is 3. The van der Waals surface area contributed by atoms with Crippen LogP contribution in [-0.2, 0) is 29.6 Å². The van der Waals surface area contributed by atoms with Gasteiger partial charge in [-0.05, 0) is 61.5 Å². The zero-order chi connectivity index (χ0) is 31.9. The summed E-state index contributed by atoms with van der Waals surface area (Å²) in [7, 11) is -4.13. The summed E-state index contributed by atoms with van der Waals surface area (Å²) >= 11 is 0. The number of methoxy groups -OCH3 is 3. The van der Waals surface area contributed by atoms with Crippen molar-refractivity contribution in [1.82, 2.24) is 4.31 Å². The average molecular weight is 650 g/mol. The molecule has 1 N–H and O–H groups in total. The van der Waals surface area contributed by atoms with Crippen molar-refractivity contribution in [3.05, 3.63) is 60.7 Å². The highest BCUT2D eigenvalue weighted by Gasteiger charge is 2.31. The highest BCUT2D eigenvalue weighted by molar-refractivity contribution is 7.92. The van der Waals surface area contributed by atoms with E-state index in [2.05, 4.69) is 5.32 Å². The molecule has 4 rings (SSSR count). The normalized spacial score (nSPS) is 14.0. The largest absolute Gasteiger partial charge is 0.495 e. The van der Waals surface area contributed by atoms with Gasteiger partial charge in [-0.2, -0.15) is 4.31 Å². The van der Waals surface area contributed by atoms with E-state index in [-0.39, 0.29) is 59.0 Å². The molecule has 1 saturated heterocycles. The number of sulfonamides is 2. The lowest BCUT2D eigenvalue weighted by Gasteiger charge is -2.27. The van der Waals surface area contributed by atoms with Crippen molar-refractivity contribution in [1.29, 1.82) is 0 Å². The molecule has 1 heterocycles. The van der Waals surface area contributed by atoms with Crippen LogP contribution in [0.2, 0.25) is 0 Å². The monoisotopic (exact) mass is 649 g/mol. The molecule has 3 aromatic rings. The van der Waals surface area contributed by atoms with Gasteiger partial charge in [-0.25, -0.2) is 16.8 Å². The molecule has 0 atom stereocenters. The van der Waals surface area contributed by atoms with Gasteiger partial charge in [0.25, 0.3) is 10.0 Å². The molecular weight excluding hydrogens is 614 g/mol. The molecule has 1 amide bonds. The Morgan fingerprint density at radius 3 is 2.11 bits per heavy atom. The van der Waals surface area contributed by atoms with Crippen LogP contribution >= 0.6 is 0 Å². The lowest BCUT2D eigenvalue weighted by atomic mass is 10.3. The predicted molar refractivity (Wildman–Crippen MR) is 163 cm³/mol. The summed E-state index contributed by atoms with van der Waals surface area (Å²) in [6, 6.07) is 14.5. The van der Waals surface area contributed by atoms with Crippen LogP contribution in [0.25, 0.3) is 0 Å². The molecule has 44 heavy (non-hydrogen) atoms. The molecule has 0 spiro atoms. The Labute approximate surface area is 257 Å². The van der Waals surface area contributed by atoms with Crippen molar-refractivity contribution in [2.45, 2.75) is 16.7 Å². The molecule has 3 aromatic carbocycles. The summed E-state index contributed by atoms with van der Waals surface area (Å²) in [5.41, 5.74) is 0.335. The van der Waals surface area contributed by atoms with E-state index in [9.17, 15) is 21.6 Å². The lowest BCUT2D eigenvalue weighted by molar-refractivity contribution is -0.114. The molecule has 0 unspecified atom stereocenters. The van der Waals surface area contributed by atoms with Gasteiger partial charge in [0.1, 0.15) is 22.9 Å². The maximum absolute atomic E-state index is 14.0. The van der Waals surface area contributed by atoms with Crippen LogP contribution in [0.5, 0.6) is 23.0 Å². The van der Waals surface area contributed by atoms with E-state index in [0.717, 1.165) is 4.31 Å². The van der Waals surface area contributed by atoms with E-state index in [1.807, 2.05) is 6.92 Å². The first-order valence-corrected chi connectivity index (χ1v) is 16.5. The third-order valence-corrected chi connectivity index (χ3v) is 10.4. The average Bonchev–Trinajstić information content (AvgIpc) is 3.04. The maximum Gasteiger partial charge on any atom is 0.264 e. The zero-order valence-electron chi connectivity index (χ0n) is 24.8. The van der Waals surface area contributed by atoms with Gasteiger partial charge < -0.3 is 29.0 Å². The van der Waals surface area contributed by atoms with E-state index < -0.39 is 32.5 Å². The van der Waals surface area contributed by atoms with Crippen molar-refractivity contribution in [2.24, 2.45) is 0 Å². The van der Waals surface area contributed by atoms with Gasteiger partial charge in [-0.1, -0.05) is 0 Å². The quantitative estimate of drug-likeness (QED) is 0.293. The molecular formula is C29H35N3O10S2. The number of carbonyl (C=O) groups excluding carboxylic acids is 1. The van der Waals surface area contributed by atoms with E-state index >= 15 is 0 Å². The summed E-state index contributed by atoms with van der Waals surface area (Å²) in [6.45, 7) is 2.47. The van der Waals surface area contributed by atoms with Gasteiger partial charge in [-0.3, -0.25) is 9.10 Å². The highest BCUT2D eigenvalue weighted by atomic mass is 32.2. The van der Waals surface area contributed by atoms with Gasteiger partial charge in [0.15, 0.2) is 11.5 Å². The third-order valence-electron chi connectivity index (χ3n) is 6.70. The van der Waals surface area contributed by atoms with Crippen LogP contribution in [0.3, 0.4) is 0 Å². The van der Waals surface area contributed by atoms with Gasteiger partial charge in [0, 0.05) is 24.8 Å². The Bertz CT molecular complexity index is 1670. The first-order valence-electron chi connectivity index (χ1n) is 13.6. The Balaban J connectivity index is 1.67. The molecule has 15 heteroatoms. The Kier molecular flexibility index (Phi) is 10.6. The van der Waals surface area contributed by atoms with Crippen molar-refractivity contribution in [3.8, 4) is 23.0 Å². The second-order valence-electron chi connectivity index (χ2n) is 9.39. The van der Waals surface area contributed by atoms with E-state index in [4.69, 9.17) is 23.7 Å². The molecule has 1 aliphatic rings. The zero-order valence-corrected chi connectivity index (χ0v) is 26.4. The Morgan fingerprint density at radius 1 is 0.864 bits per heavy atom. The fourth-order valence-corrected chi connectivity index (χ4v) is 7.53. The number of hydrogen-bond donors (Lipinski definition) is 1. The van der Waals surface area contributed by atoms with E-state index in [1.54, 1.807) is 12.1 Å². The van der Waals surface area contributed by atoms with Crippen molar-refractivity contribution in [3.63, 3.8) is 0 Å². The first kappa shape index (κ1) is 32.9. The van der Waals surface area contributed by atoms with Crippen molar-refractivity contribution < 1.29 is 45.3 Å². The fourth-order valence-electron chi connectivity index (χ4n) is 4.51. The van der Waals surface area contributed by atoms with E-state index in [0.29, 0.717) is 18.1 Å². The molecule has 1 aliphatic heterocycles. The van der Waals surface area contributed by atoms with Crippen LogP contribution in [-0.4, -0.2) is 87.8 Å². The highest BCUT2D eigenvalue weighted by Crippen LogP contribution is 2.33. The van der Waals surface area contributed by atoms with Gasteiger partial charge in [-0.15, -0.1) is 0 Å². The number of carbonyl (C=O) groups is 1. The summed E-state index contributed by atoms with van der Waals surface area (Å²) in [5, 5.41) is 2.63. The summed E-state index contributed by atoms with van der Waals surface area (Å²) in [4.78, 5) is 13.1. The maximum atomic E-state index is 14.0. The van der Waals surface area contributed by atoms with Crippen LogP contribution < -0.4 is 28.6 Å². The molecule has 1 fully saturated rings. The summed E-state index contributed by atoms with van der Waals surface area (Å²) in [6.07, 6.45) is 0. The second kappa shape index (κ2) is 14.2. The van der Waals surface area contributed by atoms with Crippen molar-refractivity contribution in [2.75, 3.05) is 70.4 Å². The van der Waals surface area contributed by atoms with E-state index in [1.165, 1.54) is 74.2 Å². The topological polar surface area (TPSA) is 150 Å². The molecule has 238 valence electrons. The smallest absolute Gasteiger partial charge is 0.264 e. The Hall–Kier alpha value is -4.05. The predicted octanol–water partition coefficient (Wildman–Crippen LogP) is 2.97. The van der Waals surface area contributed by atoms with Crippen LogP contribution in [0.15, 0.2) is 70.5 Å². The van der Waals surface area contributed by atoms with Gasteiger partial charge in [0.2, 0.25) is 15.9 Å². The van der Waals surface area contributed by atoms with Crippen LogP contribution in [0.4, 0.5) is 11.4 Å². The number of hydrogen-bond acceptors (Lipinski definition) is 10. The van der Waals surface area contributed by atoms with Crippen LogP contribution in [0, 0.1) is 0 Å². The molecule has 0 saturated carbocycles. The Morgan fingerprint density at radius 2 is 1.50 bits per heavy atom.